The van der Waals surface area contributed by atoms with Crippen LogP contribution in [0.1, 0.15) is 38.4 Å². The third-order valence-corrected chi connectivity index (χ3v) is 4.13. The number of ether oxygens (including phenoxy) is 2. The Hall–Kier alpha value is -2.17. The van der Waals surface area contributed by atoms with E-state index in [1.54, 1.807) is 7.11 Å². The first-order valence-corrected chi connectivity index (χ1v) is 8.03. The lowest BCUT2D eigenvalue weighted by molar-refractivity contribution is 0.0500. The van der Waals surface area contributed by atoms with Gasteiger partial charge in [0.15, 0.2) is 0 Å². The molecule has 1 atom stereocenters. The van der Waals surface area contributed by atoms with Crippen molar-refractivity contribution in [3.63, 3.8) is 0 Å². The molecule has 0 saturated carbocycles. The molecule has 0 saturated heterocycles. The Morgan fingerprint density at radius 2 is 2.13 bits per heavy atom. The third-order valence-electron chi connectivity index (χ3n) is 4.13. The Bertz CT molecular complexity index is 728. The number of alkyl carbamates (subject to hydrolysis) is 1. The van der Waals surface area contributed by atoms with Crippen LogP contribution in [-0.4, -0.2) is 29.8 Å². The number of para-hydroxylation sites is 1. The van der Waals surface area contributed by atoms with E-state index in [9.17, 15) is 4.79 Å². The first kappa shape index (κ1) is 15.7. The lowest BCUT2D eigenvalue weighted by atomic mass is 9.91. The molecule has 0 bridgehead atoms. The SMILES string of the molecule is COc1cccc2c3c([nH]c12)CCC(NC(=O)OC(C)(C)C)C3. The van der Waals surface area contributed by atoms with Crippen molar-refractivity contribution < 1.29 is 14.3 Å². The number of H-pyrrole nitrogens is 1. The maximum Gasteiger partial charge on any atom is 0.407 e. The van der Waals surface area contributed by atoms with Gasteiger partial charge in [0.05, 0.1) is 12.6 Å². The molecule has 23 heavy (non-hydrogen) atoms. The van der Waals surface area contributed by atoms with E-state index in [4.69, 9.17) is 9.47 Å². The number of benzene rings is 1. The maximum absolute atomic E-state index is 12.0. The second-order valence-corrected chi connectivity index (χ2v) is 7.05. The van der Waals surface area contributed by atoms with E-state index in [2.05, 4.69) is 16.4 Å². The monoisotopic (exact) mass is 316 g/mol. The predicted octanol–water partition coefficient (Wildman–Crippen LogP) is 3.56. The molecule has 1 aromatic heterocycles. The lowest BCUT2D eigenvalue weighted by Crippen LogP contribution is -2.41. The molecule has 3 rings (SSSR count). The van der Waals surface area contributed by atoms with Gasteiger partial charge in [-0.25, -0.2) is 4.79 Å². The summed E-state index contributed by atoms with van der Waals surface area (Å²) in [6, 6.07) is 6.16. The summed E-state index contributed by atoms with van der Waals surface area (Å²) in [4.78, 5) is 15.5. The number of hydrogen-bond donors (Lipinski definition) is 2. The molecule has 2 N–H and O–H groups in total. The fourth-order valence-corrected chi connectivity index (χ4v) is 3.18. The van der Waals surface area contributed by atoms with E-state index in [0.717, 1.165) is 30.5 Å². The zero-order valence-corrected chi connectivity index (χ0v) is 14.2. The van der Waals surface area contributed by atoms with Crippen molar-refractivity contribution in [1.29, 1.82) is 0 Å². The highest BCUT2D eigenvalue weighted by molar-refractivity contribution is 5.90. The minimum Gasteiger partial charge on any atom is -0.495 e. The van der Waals surface area contributed by atoms with Gasteiger partial charge in [0.25, 0.3) is 0 Å². The summed E-state index contributed by atoms with van der Waals surface area (Å²) in [6.45, 7) is 5.62. The van der Waals surface area contributed by atoms with Crippen molar-refractivity contribution in [3.05, 3.63) is 29.5 Å². The molecule has 0 radical (unpaired) electrons. The predicted molar refractivity (Wildman–Crippen MR) is 90.0 cm³/mol. The molecular formula is C18H24N2O3. The number of carbonyl (C=O) groups is 1. The van der Waals surface area contributed by atoms with Crippen molar-refractivity contribution in [2.24, 2.45) is 0 Å². The van der Waals surface area contributed by atoms with E-state index >= 15 is 0 Å². The summed E-state index contributed by atoms with van der Waals surface area (Å²) in [6.07, 6.45) is 2.28. The van der Waals surface area contributed by atoms with E-state index < -0.39 is 5.60 Å². The Balaban J connectivity index is 1.79. The van der Waals surface area contributed by atoms with Crippen molar-refractivity contribution in [2.45, 2.75) is 51.7 Å². The van der Waals surface area contributed by atoms with E-state index in [-0.39, 0.29) is 12.1 Å². The van der Waals surface area contributed by atoms with E-state index in [1.165, 1.54) is 16.6 Å². The van der Waals surface area contributed by atoms with Crippen molar-refractivity contribution >= 4 is 17.0 Å². The van der Waals surface area contributed by atoms with Crippen LogP contribution in [0.4, 0.5) is 4.79 Å². The fourth-order valence-electron chi connectivity index (χ4n) is 3.18. The highest BCUT2D eigenvalue weighted by Gasteiger charge is 2.26. The van der Waals surface area contributed by atoms with Crippen LogP contribution in [0.15, 0.2) is 18.2 Å². The standard InChI is InChI=1S/C18H24N2O3/c1-18(2,3)23-17(21)19-11-8-9-14-13(10-11)12-6-5-7-15(22-4)16(12)20-14/h5-7,11,20H,8-10H2,1-4H3,(H,19,21). The smallest absolute Gasteiger partial charge is 0.407 e. The van der Waals surface area contributed by atoms with Gasteiger partial charge < -0.3 is 19.8 Å². The highest BCUT2D eigenvalue weighted by Crippen LogP contribution is 2.33. The zero-order valence-electron chi connectivity index (χ0n) is 14.2. The minimum atomic E-state index is -0.474. The van der Waals surface area contributed by atoms with Gasteiger partial charge in [0, 0.05) is 17.1 Å². The summed E-state index contributed by atoms with van der Waals surface area (Å²) in [7, 11) is 1.68. The molecule has 0 aliphatic heterocycles. The number of carbonyl (C=O) groups excluding carboxylic acids is 1. The Morgan fingerprint density at radius 3 is 2.83 bits per heavy atom. The van der Waals surface area contributed by atoms with Gasteiger partial charge in [0.2, 0.25) is 0 Å². The van der Waals surface area contributed by atoms with Gasteiger partial charge >= 0.3 is 6.09 Å². The van der Waals surface area contributed by atoms with Crippen LogP contribution < -0.4 is 10.1 Å². The molecule has 5 nitrogen and oxygen atoms in total. The number of aryl methyl sites for hydroxylation is 1. The van der Waals surface area contributed by atoms with Crippen LogP contribution in [-0.2, 0) is 17.6 Å². The molecule has 124 valence electrons. The molecule has 1 aliphatic carbocycles. The summed E-state index contributed by atoms with van der Waals surface area (Å²) in [5, 5.41) is 4.17. The van der Waals surface area contributed by atoms with Gasteiger partial charge in [-0.3, -0.25) is 0 Å². The molecule has 2 aromatic rings. The number of hydrogen-bond acceptors (Lipinski definition) is 3. The number of amides is 1. The van der Waals surface area contributed by atoms with Crippen molar-refractivity contribution in [1.82, 2.24) is 10.3 Å². The molecule has 1 heterocycles. The molecule has 5 heteroatoms. The number of rotatable bonds is 2. The zero-order chi connectivity index (χ0) is 16.6. The van der Waals surface area contributed by atoms with Gasteiger partial charge in [0.1, 0.15) is 11.4 Å². The van der Waals surface area contributed by atoms with E-state index in [0.29, 0.717) is 0 Å². The summed E-state index contributed by atoms with van der Waals surface area (Å²) in [5.74, 6) is 0.855. The number of methoxy groups -OCH3 is 1. The number of fused-ring (bicyclic) bond motifs is 3. The van der Waals surface area contributed by atoms with Gasteiger partial charge in [-0.05, 0) is 51.7 Å². The quantitative estimate of drug-likeness (QED) is 0.890. The molecule has 0 fully saturated rings. The van der Waals surface area contributed by atoms with Crippen LogP contribution in [0, 0.1) is 0 Å². The first-order chi connectivity index (χ1) is 10.9. The second kappa shape index (κ2) is 5.80. The van der Waals surface area contributed by atoms with Crippen molar-refractivity contribution in [3.8, 4) is 5.75 Å². The molecule has 1 amide bonds. The molecule has 1 aliphatic rings. The number of nitrogens with one attached hydrogen (secondary N) is 2. The Labute approximate surface area is 136 Å². The molecular weight excluding hydrogens is 292 g/mol. The summed E-state index contributed by atoms with van der Waals surface area (Å²) in [5.41, 5.74) is 3.08. The van der Waals surface area contributed by atoms with Crippen LogP contribution >= 0.6 is 0 Å². The van der Waals surface area contributed by atoms with Crippen LogP contribution in [0.25, 0.3) is 10.9 Å². The number of aromatic nitrogens is 1. The summed E-state index contributed by atoms with van der Waals surface area (Å²) >= 11 is 0. The largest absolute Gasteiger partial charge is 0.495 e. The average Bonchev–Trinajstić information content (AvgIpc) is 2.83. The third kappa shape index (κ3) is 3.28. The summed E-state index contributed by atoms with van der Waals surface area (Å²) < 4.78 is 10.8. The molecule has 1 unspecified atom stereocenters. The molecule has 0 spiro atoms. The van der Waals surface area contributed by atoms with Crippen LogP contribution in [0.3, 0.4) is 0 Å². The first-order valence-electron chi connectivity index (χ1n) is 8.03. The average molecular weight is 316 g/mol. The van der Waals surface area contributed by atoms with Crippen molar-refractivity contribution in [2.75, 3.05) is 7.11 Å². The van der Waals surface area contributed by atoms with E-state index in [1.807, 2.05) is 32.9 Å². The highest BCUT2D eigenvalue weighted by atomic mass is 16.6. The normalized spacial score (nSPS) is 17.7. The van der Waals surface area contributed by atoms with Gasteiger partial charge in [-0.2, -0.15) is 0 Å². The lowest BCUT2D eigenvalue weighted by Gasteiger charge is -2.26. The maximum atomic E-state index is 12.0. The minimum absolute atomic E-state index is 0.0996. The van der Waals surface area contributed by atoms with Crippen LogP contribution in [0.5, 0.6) is 5.75 Å². The Kier molecular flexibility index (Phi) is 3.96. The topological polar surface area (TPSA) is 63.3 Å². The van der Waals surface area contributed by atoms with Gasteiger partial charge in [-0.1, -0.05) is 12.1 Å². The second-order valence-electron chi connectivity index (χ2n) is 7.05. The van der Waals surface area contributed by atoms with Gasteiger partial charge in [-0.15, -0.1) is 0 Å². The Morgan fingerprint density at radius 1 is 1.35 bits per heavy atom. The van der Waals surface area contributed by atoms with Crippen LogP contribution in [0.2, 0.25) is 0 Å². The molecule has 1 aromatic carbocycles. The number of aromatic amines is 1. The fraction of sp³-hybridized carbons (Fsp3) is 0.500.